The molecule has 5 heterocycles. The minimum Gasteiger partial charge on any atom is -0.378 e. The molecule has 1 saturated carbocycles. The van der Waals surface area contributed by atoms with E-state index in [1.165, 1.54) is 25.7 Å². The second-order valence-electron chi connectivity index (χ2n) is 8.09. The highest BCUT2D eigenvalue weighted by Crippen LogP contribution is 2.45. The minimum atomic E-state index is 0.163. The molecule has 1 aliphatic carbocycles. The van der Waals surface area contributed by atoms with E-state index in [-0.39, 0.29) is 12.3 Å². The number of fused-ring (bicyclic) bond motifs is 6. The number of aromatic nitrogens is 5. The lowest BCUT2D eigenvalue weighted by Gasteiger charge is -2.45. The van der Waals surface area contributed by atoms with Crippen LogP contribution in [0.2, 0.25) is 0 Å². The fraction of sp³-hybridized carbons (Fsp3) is 0.667. The standard InChI is InChI=1S/C18H24N8O/c1-11-12(6-7-27-11)14-9-25(23-20-14)18-22-21-17-13-4-2-3-5-15(13)24-10-19-8-16(24)26(17)18/h8-13,15,17,21H,2-7H2,1H3. The van der Waals surface area contributed by atoms with Gasteiger partial charge in [0.05, 0.1) is 30.5 Å². The van der Waals surface area contributed by atoms with Crippen LogP contribution in [0.25, 0.3) is 0 Å². The number of anilines is 1. The second kappa shape index (κ2) is 5.79. The van der Waals surface area contributed by atoms with Crippen LogP contribution < -0.4 is 10.3 Å². The molecule has 9 nitrogen and oxygen atoms in total. The smallest absolute Gasteiger partial charge is 0.252 e. The number of ether oxygens (including phenoxy) is 1. The Morgan fingerprint density at radius 1 is 1.22 bits per heavy atom. The van der Waals surface area contributed by atoms with Gasteiger partial charge in [0.25, 0.3) is 5.96 Å². The van der Waals surface area contributed by atoms with Gasteiger partial charge in [-0.25, -0.2) is 4.98 Å². The van der Waals surface area contributed by atoms with E-state index in [9.17, 15) is 0 Å². The molecule has 4 aliphatic rings. The van der Waals surface area contributed by atoms with Crippen molar-refractivity contribution in [2.75, 3.05) is 11.5 Å². The molecule has 0 aromatic carbocycles. The van der Waals surface area contributed by atoms with Gasteiger partial charge in [-0.05, 0) is 26.2 Å². The summed E-state index contributed by atoms with van der Waals surface area (Å²) in [6.07, 6.45) is 12.2. The number of hydrazone groups is 1. The molecule has 0 bridgehead atoms. The summed E-state index contributed by atoms with van der Waals surface area (Å²) in [5.41, 5.74) is 4.36. The molecule has 9 heteroatoms. The maximum atomic E-state index is 5.69. The first-order valence-corrected chi connectivity index (χ1v) is 10.00. The molecule has 0 spiro atoms. The Morgan fingerprint density at radius 2 is 2.15 bits per heavy atom. The third-order valence-electron chi connectivity index (χ3n) is 6.70. The van der Waals surface area contributed by atoms with Crippen molar-refractivity contribution in [1.82, 2.24) is 30.0 Å². The summed E-state index contributed by atoms with van der Waals surface area (Å²) in [4.78, 5) is 6.68. The molecule has 142 valence electrons. The highest BCUT2D eigenvalue weighted by molar-refractivity contribution is 5.98. The van der Waals surface area contributed by atoms with Crippen molar-refractivity contribution in [2.45, 2.75) is 63.3 Å². The van der Waals surface area contributed by atoms with E-state index in [1.54, 1.807) is 4.68 Å². The first kappa shape index (κ1) is 15.6. The minimum absolute atomic E-state index is 0.163. The molecule has 5 atom stereocenters. The lowest BCUT2D eigenvalue weighted by molar-refractivity contribution is 0.118. The maximum absolute atomic E-state index is 5.69. The lowest BCUT2D eigenvalue weighted by Crippen LogP contribution is -2.54. The van der Waals surface area contributed by atoms with Crippen LogP contribution in [0.15, 0.2) is 23.8 Å². The van der Waals surface area contributed by atoms with Crippen LogP contribution in [0.5, 0.6) is 0 Å². The van der Waals surface area contributed by atoms with Crippen molar-refractivity contribution in [2.24, 2.45) is 11.0 Å². The number of imidazole rings is 1. The highest BCUT2D eigenvalue weighted by Gasteiger charge is 2.47. The molecule has 0 radical (unpaired) electrons. The van der Waals surface area contributed by atoms with E-state index in [2.05, 4.69) is 42.2 Å². The summed E-state index contributed by atoms with van der Waals surface area (Å²) in [7, 11) is 0. The third kappa shape index (κ3) is 2.20. The van der Waals surface area contributed by atoms with Crippen molar-refractivity contribution in [3.63, 3.8) is 0 Å². The van der Waals surface area contributed by atoms with Crippen molar-refractivity contribution in [3.8, 4) is 0 Å². The van der Waals surface area contributed by atoms with E-state index >= 15 is 0 Å². The van der Waals surface area contributed by atoms with Gasteiger partial charge in [-0.15, -0.1) is 10.2 Å². The number of hydrogen-bond acceptors (Lipinski definition) is 7. The van der Waals surface area contributed by atoms with Crippen LogP contribution >= 0.6 is 0 Å². The molecule has 2 fully saturated rings. The number of nitrogens with zero attached hydrogens (tertiary/aromatic N) is 7. The Labute approximate surface area is 157 Å². The van der Waals surface area contributed by atoms with Crippen LogP contribution in [0, 0.1) is 5.92 Å². The Hall–Kier alpha value is -2.42. The van der Waals surface area contributed by atoms with E-state index in [0.717, 1.165) is 30.5 Å². The number of hydrogen-bond donors (Lipinski definition) is 1. The largest absolute Gasteiger partial charge is 0.378 e. The molecule has 0 amide bonds. The van der Waals surface area contributed by atoms with Gasteiger partial charge in [-0.1, -0.05) is 18.1 Å². The van der Waals surface area contributed by atoms with Gasteiger partial charge in [0.2, 0.25) is 0 Å². The summed E-state index contributed by atoms with van der Waals surface area (Å²) in [5, 5.41) is 13.5. The summed E-state index contributed by atoms with van der Waals surface area (Å²) >= 11 is 0. The van der Waals surface area contributed by atoms with E-state index in [1.807, 2.05) is 18.7 Å². The van der Waals surface area contributed by atoms with Gasteiger partial charge >= 0.3 is 0 Å². The first-order chi connectivity index (χ1) is 13.3. The molecular formula is C18H24N8O. The van der Waals surface area contributed by atoms with Crippen LogP contribution in [-0.4, -0.2) is 49.4 Å². The van der Waals surface area contributed by atoms with Crippen molar-refractivity contribution in [3.05, 3.63) is 24.4 Å². The van der Waals surface area contributed by atoms with E-state index in [0.29, 0.717) is 17.9 Å². The highest BCUT2D eigenvalue weighted by atomic mass is 16.5. The zero-order chi connectivity index (χ0) is 18.0. The monoisotopic (exact) mass is 368 g/mol. The molecule has 1 saturated heterocycles. The van der Waals surface area contributed by atoms with Gasteiger partial charge in [0.1, 0.15) is 12.0 Å². The van der Waals surface area contributed by atoms with Gasteiger partial charge in [0, 0.05) is 24.5 Å². The Bertz CT molecular complexity index is 888. The van der Waals surface area contributed by atoms with E-state index in [4.69, 9.17) is 4.74 Å². The summed E-state index contributed by atoms with van der Waals surface area (Å²) in [6, 6.07) is 0.502. The second-order valence-corrected chi connectivity index (χ2v) is 8.09. The topological polar surface area (TPSA) is 85.4 Å². The SMILES string of the molecule is CC1OCCC1c1cn(C2=NNC3C4CCCCC4n4cncc4N23)nn1. The van der Waals surface area contributed by atoms with Gasteiger partial charge in [0.15, 0.2) is 0 Å². The predicted molar refractivity (Wildman–Crippen MR) is 98.3 cm³/mol. The van der Waals surface area contributed by atoms with Crippen molar-refractivity contribution < 1.29 is 4.74 Å². The first-order valence-electron chi connectivity index (χ1n) is 10.00. The summed E-state index contributed by atoms with van der Waals surface area (Å²) in [6.45, 7) is 2.89. The molecule has 6 rings (SSSR count). The van der Waals surface area contributed by atoms with Crippen LogP contribution in [0.3, 0.4) is 0 Å². The molecule has 1 N–H and O–H groups in total. The summed E-state index contributed by atoms with van der Waals surface area (Å²) in [5.74, 6) is 2.68. The average molecular weight is 368 g/mol. The average Bonchev–Trinajstić information content (AvgIpc) is 3.46. The fourth-order valence-electron chi connectivity index (χ4n) is 5.31. The third-order valence-corrected chi connectivity index (χ3v) is 6.70. The Balaban J connectivity index is 1.36. The fourth-order valence-corrected chi connectivity index (χ4v) is 5.31. The number of rotatable bonds is 1. The molecule has 2 aromatic rings. The zero-order valence-corrected chi connectivity index (χ0v) is 15.4. The van der Waals surface area contributed by atoms with Crippen LogP contribution in [0.1, 0.15) is 56.7 Å². The lowest BCUT2D eigenvalue weighted by atomic mass is 9.80. The summed E-state index contributed by atoms with van der Waals surface area (Å²) < 4.78 is 9.82. The van der Waals surface area contributed by atoms with Crippen LogP contribution in [-0.2, 0) is 4.74 Å². The van der Waals surface area contributed by atoms with E-state index < -0.39 is 0 Å². The van der Waals surface area contributed by atoms with Crippen LogP contribution in [0.4, 0.5) is 5.82 Å². The molecule has 3 aliphatic heterocycles. The molecule has 27 heavy (non-hydrogen) atoms. The Kier molecular flexibility index (Phi) is 3.35. The van der Waals surface area contributed by atoms with Crippen molar-refractivity contribution in [1.29, 1.82) is 0 Å². The quantitative estimate of drug-likeness (QED) is 0.824. The van der Waals surface area contributed by atoms with Crippen molar-refractivity contribution >= 4 is 11.8 Å². The van der Waals surface area contributed by atoms with Gasteiger partial charge in [-0.3, -0.25) is 10.3 Å². The maximum Gasteiger partial charge on any atom is 0.252 e. The number of nitrogens with one attached hydrogen (secondary N) is 1. The zero-order valence-electron chi connectivity index (χ0n) is 15.4. The predicted octanol–water partition coefficient (Wildman–Crippen LogP) is 1.67. The normalized spacial score (nSPS) is 34.6. The molecular weight excluding hydrogens is 344 g/mol. The molecule has 5 unspecified atom stereocenters. The Morgan fingerprint density at radius 3 is 3.04 bits per heavy atom. The van der Waals surface area contributed by atoms with Gasteiger partial charge < -0.3 is 9.30 Å². The molecule has 2 aromatic heterocycles. The van der Waals surface area contributed by atoms with Gasteiger partial charge in [-0.2, -0.15) is 4.68 Å².